The largest absolute Gasteiger partial charge is 0.395 e. The van der Waals surface area contributed by atoms with Crippen LogP contribution in [0.15, 0.2) is 42.6 Å². The fourth-order valence-electron chi connectivity index (χ4n) is 1.82. The lowest BCUT2D eigenvalue weighted by molar-refractivity contribution is 0.102. The Morgan fingerprint density at radius 3 is 2.86 bits per heavy atom. The number of aliphatic hydroxyl groups is 1. The van der Waals surface area contributed by atoms with E-state index in [4.69, 9.17) is 5.11 Å². The monoisotopic (exact) mass is 280 g/mol. The number of anilines is 1. The van der Waals surface area contributed by atoms with Gasteiger partial charge >= 0.3 is 0 Å². The molecule has 2 aromatic rings. The lowest BCUT2D eigenvalue weighted by Gasteiger charge is -2.08. The average molecular weight is 280 g/mol. The number of carbonyl (C=O) groups excluding carboxylic acids is 1. The highest BCUT2D eigenvalue weighted by Crippen LogP contribution is 2.15. The lowest BCUT2D eigenvalue weighted by Crippen LogP contribution is -2.15. The summed E-state index contributed by atoms with van der Waals surface area (Å²) in [4.78, 5) is 16.4. The van der Waals surface area contributed by atoms with E-state index in [1.165, 1.54) is 0 Å². The van der Waals surface area contributed by atoms with Gasteiger partial charge in [0.2, 0.25) is 0 Å². The predicted octanol–water partition coefficient (Wildman–Crippen LogP) is 2.38. The average Bonchev–Trinajstić information content (AvgIpc) is 2.49. The fourth-order valence-corrected chi connectivity index (χ4v) is 1.82. The van der Waals surface area contributed by atoms with Crippen molar-refractivity contribution in [3.63, 3.8) is 0 Å². The molecule has 0 aliphatic carbocycles. The maximum atomic E-state index is 12.3. The van der Waals surface area contributed by atoms with E-state index in [1.54, 1.807) is 18.3 Å². The molecule has 0 aliphatic rings. The van der Waals surface area contributed by atoms with Gasteiger partial charge in [-0.15, -0.1) is 0 Å². The van der Waals surface area contributed by atoms with Gasteiger partial charge in [0.15, 0.2) is 0 Å². The van der Waals surface area contributed by atoms with Gasteiger partial charge in [-0.2, -0.15) is 0 Å². The van der Waals surface area contributed by atoms with Gasteiger partial charge in [-0.1, -0.05) is 30.0 Å². The zero-order valence-electron chi connectivity index (χ0n) is 11.8. The van der Waals surface area contributed by atoms with Crippen molar-refractivity contribution in [2.24, 2.45) is 0 Å². The highest BCUT2D eigenvalue weighted by Gasteiger charge is 2.11. The van der Waals surface area contributed by atoms with Gasteiger partial charge in [-0.05, 0) is 30.7 Å². The third kappa shape index (κ3) is 3.91. The molecule has 4 heteroatoms. The Balaban J connectivity index is 2.23. The number of pyridine rings is 1. The van der Waals surface area contributed by atoms with Crippen LogP contribution in [-0.4, -0.2) is 22.6 Å². The number of amides is 1. The van der Waals surface area contributed by atoms with E-state index >= 15 is 0 Å². The van der Waals surface area contributed by atoms with Crippen LogP contribution in [0.2, 0.25) is 0 Å². The second-order valence-electron chi connectivity index (χ2n) is 4.44. The van der Waals surface area contributed by atoms with E-state index in [0.29, 0.717) is 23.4 Å². The SMILES string of the molecule is Cc1cccnc1C(=O)Nc1ccccc1C#CCCO. The number of rotatable bonds is 3. The maximum Gasteiger partial charge on any atom is 0.274 e. The number of carbonyl (C=O) groups is 1. The number of nitrogens with one attached hydrogen (secondary N) is 1. The van der Waals surface area contributed by atoms with E-state index in [1.807, 2.05) is 31.2 Å². The third-order valence-electron chi connectivity index (χ3n) is 2.86. The van der Waals surface area contributed by atoms with Gasteiger partial charge in [0, 0.05) is 18.2 Å². The Morgan fingerprint density at radius 1 is 1.29 bits per heavy atom. The number of aromatic nitrogens is 1. The van der Waals surface area contributed by atoms with Crippen molar-refractivity contribution in [1.82, 2.24) is 4.98 Å². The van der Waals surface area contributed by atoms with Crippen LogP contribution in [0.4, 0.5) is 5.69 Å². The Kier molecular flexibility index (Phi) is 5.08. The fraction of sp³-hybridized carbons (Fsp3) is 0.176. The molecule has 106 valence electrons. The molecule has 1 heterocycles. The van der Waals surface area contributed by atoms with Gasteiger partial charge in [0.25, 0.3) is 5.91 Å². The smallest absolute Gasteiger partial charge is 0.274 e. The Hall–Kier alpha value is -2.64. The molecule has 0 radical (unpaired) electrons. The minimum atomic E-state index is -0.260. The minimum Gasteiger partial charge on any atom is -0.395 e. The van der Waals surface area contributed by atoms with Crippen LogP contribution in [0, 0.1) is 18.8 Å². The summed E-state index contributed by atoms with van der Waals surface area (Å²) in [5.41, 5.74) is 2.57. The number of aryl methyl sites for hydroxylation is 1. The molecular weight excluding hydrogens is 264 g/mol. The van der Waals surface area contributed by atoms with Gasteiger partial charge in [-0.3, -0.25) is 9.78 Å². The standard InChI is InChI=1S/C17H16N2O2/c1-13-7-6-11-18-16(13)17(21)19-15-10-3-2-8-14(15)9-4-5-12-20/h2-3,6-8,10-11,20H,5,12H2,1H3,(H,19,21). The molecule has 4 nitrogen and oxygen atoms in total. The van der Waals surface area contributed by atoms with Gasteiger partial charge in [0.05, 0.1) is 12.3 Å². The van der Waals surface area contributed by atoms with Crippen LogP contribution in [-0.2, 0) is 0 Å². The Labute approximate surface area is 123 Å². The highest BCUT2D eigenvalue weighted by molar-refractivity contribution is 6.04. The topological polar surface area (TPSA) is 62.2 Å². The summed E-state index contributed by atoms with van der Waals surface area (Å²) in [5.74, 6) is 5.53. The molecule has 1 aromatic heterocycles. The van der Waals surface area contributed by atoms with Gasteiger partial charge < -0.3 is 10.4 Å². The third-order valence-corrected chi connectivity index (χ3v) is 2.86. The van der Waals surface area contributed by atoms with Crippen molar-refractivity contribution < 1.29 is 9.90 Å². The summed E-state index contributed by atoms with van der Waals surface area (Å²) in [5, 5.41) is 11.6. The number of benzene rings is 1. The molecule has 0 spiro atoms. The summed E-state index contributed by atoms with van der Waals surface area (Å²) in [6.07, 6.45) is 2.00. The summed E-state index contributed by atoms with van der Waals surface area (Å²) < 4.78 is 0. The summed E-state index contributed by atoms with van der Waals surface area (Å²) in [6, 6.07) is 10.9. The van der Waals surface area contributed by atoms with E-state index in [0.717, 1.165) is 5.56 Å². The predicted molar refractivity (Wildman–Crippen MR) is 82.0 cm³/mol. The van der Waals surface area contributed by atoms with Crippen molar-refractivity contribution in [2.75, 3.05) is 11.9 Å². The molecule has 0 aliphatic heterocycles. The first-order valence-electron chi connectivity index (χ1n) is 6.64. The Morgan fingerprint density at radius 2 is 2.10 bits per heavy atom. The summed E-state index contributed by atoms with van der Waals surface area (Å²) >= 11 is 0. The molecule has 1 amide bonds. The maximum absolute atomic E-state index is 12.3. The van der Waals surface area contributed by atoms with Gasteiger partial charge in [-0.25, -0.2) is 0 Å². The van der Waals surface area contributed by atoms with Crippen LogP contribution in [0.1, 0.15) is 28.0 Å². The van der Waals surface area contributed by atoms with Crippen LogP contribution >= 0.6 is 0 Å². The molecule has 0 fully saturated rings. The molecule has 0 saturated carbocycles. The first-order chi connectivity index (χ1) is 10.2. The van der Waals surface area contributed by atoms with E-state index in [9.17, 15) is 4.79 Å². The van der Waals surface area contributed by atoms with Crippen LogP contribution < -0.4 is 5.32 Å². The van der Waals surface area contributed by atoms with Crippen molar-refractivity contribution >= 4 is 11.6 Å². The summed E-state index contributed by atoms with van der Waals surface area (Å²) in [7, 11) is 0. The highest BCUT2D eigenvalue weighted by atomic mass is 16.2. The number of aliphatic hydroxyl groups excluding tert-OH is 1. The van der Waals surface area contributed by atoms with Crippen molar-refractivity contribution in [3.8, 4) is 11.8 Å². The van der Waals surface area contributed by atoms with Crippen molar-refractivity contribution in [2.45, 2.75) is 13.3 Å². The second kappa shape index (κ2) is 7.22. The summed E-state index contributed by atoms with van der Waals surface area (Å²) in [6.45, 7) is 1.86. The molecule has 2 N–H and O–H groups in total. The van der Waals surface area contributed by atoms with Crippen LogP contribution in [0.3, 0.4) is 0 Å². The minimum absolute atomic E-state index is 0.0225. The second-order valence-corrected chi connectivity index (χ2v) is 4.44. The normalized spacial score (nSPS) is 9.62. The van der Waals surface area contributed by atoms with E-state index in [-0.39, 0.29) is 12.5 Å². The molecule has 1 aromatic carbocycles. The molecule has 21 heavy (non-hydrogen) atoms. The van der Waals surface area contributed by atoms with E-state index < -0.39 is 0 Å². The lowest BCUT2D eigenvalue weighted by atomic mass is 10.1. The molecule has 0 bridgehead atoms. The molecule has 2 rings (SSSR count). The quantitative estimate of drug-likeness (QED) is 0.849. The van der Waals surface area contributed by atoms with Crippen LogP contribution in [0.25, 0.3) is 0 Å². The molecule has 0 saturated heterocycles. The van der Waals surface area contributed by atoms with Crippen molar-refractivity contribution in [3.05, 3.63) is 59.4 Å². The zero-order chi connectivity index (χ0) is 15.1. The number of para-hydroxylation sites is 1. The van der Waals surface area contributed by atoms with Crippen LogP contribution in [0.5, 0.6) is 0 Å². The first kappa shape index (κ1) is 14.8. The first-order valence-corrected chi connectivity index (χ1v) is 6.64. The number of hydrogen-bond acceptors (Lipinski definition) is 3. The van der Waals surface area contributed by atoms with Crippen molar-refractivity contribution in [1.29, 1.82) is 0 Å². The number of hydrogen-bond donors (Lipinski definition) is 2. The van der Waals surface area contributed by atoms with E-state index in [2.05, 4.69) is 22.1 Å². The van der Waals surface area contributed by atoms with Gasteiger partial charge in [0.1, 0.15) is 5.69 Å². The zero-order valence-corrected chi connectivity index (χ0v) is 11.8. The number of nitrogens with zero attached hydrogens (tertiary/aromatic N) is 1. The molecular formula is C17H16N2O2. The molecule has 0 unspecified atom stereocenters. The molecule has 0 atom stereocenters. The Bertz CT molecular complexity index is 699.